The molecule has 0 spiro atoms. The van der Waals surface area contributed by atoms with E-state index in [1.807, 2.05) is 0 Å². The number of halogens is 1. The molecule has 1 aliphatic carbocycles. The Kier molecular flexibility index (Phi) is 4.09. The van der Waals surface area contributed by atoms with Crippen molar-refractivity contribution in [2.75, 3.05) is 11.9 Å². The van der Waals surface area contributed by atoms with Crippen LogP contribution >= 0.6 is 22.9 Å². The first-order valence-electron chi connectivity index (χ1n) is 5.94. The molecule has 0 saturated heterocycles. The quantitative estimate of drug-likeness (QED) is 0.765. The molecule has 2 unspecified atom stereocenters. The third-order valence-electron chi connectivity index (χ3n) is 3.43. The normalized spacial score (nSPS) is 25.7. The summed E-state index contributed by atoms with van der Waals surface area (Å²) < 4.78 is 0. The van der Waals surface area contributed by atoms with Gasteiger partial charge in [0, 0.05) is 18.5 Å². The summed E-state index contributed by atoms with van der Waals surface area (Å²) in [5, 5.41) is 3.18. The lowest BCUT2D eigenvalue weighted by Crippen LogP contribution is -2.35. The second kappa shape index (κ2) is 5.37. The molecule has 2 nitrogen and oxygen atoms in total. The fraction of sp³-hybridized carbons (Fsp3) is 0.750. The molecule has 1 heterocycles. The van der Waals surface area contributed by atoms with Crippen molar-refractivity contribution in [1.29, 1.82) is 0 Å². The number of rotatable bonds is 3. The summed E-state index contributed by atoms with van der Waals surface area (Å²) in [5.41, 5.74) is 0.998. The van der Waals surface area contributed by atoms with Gasteiger partial charge in [-0.05, 0) is 18.8 Å². The molecule has 1 aromatic heterocycles. The van der Waals surface area contributed by atoms with E-state index >= 15 is 0 Å². The van der Waals surface area contributed by atoms with Crippen LogP contribution in [0.25, 0.3) is 0 Å². The molecule has 16 heavy (non-hydrogen) atoms. The standard InChI is InChI=1S/C12H19ClN2S/c1-9-4-3-5-11(6-9)15(2)12-14-10(7-13)8-16-12/h8-9,11H,3-7H2,1-2H3. The summed E-state index contributed by atoms with van der Waals surface area (Å²) in [4.78, 5) is 6.89. The van der Waals surface area contributed by atoms with Gasteiger partial charge in [0.25, 0.3) is 0 Å². The number of aromatic nitrogens is 1. The van der Waals surface area contributed by atoms with E-state index in [4.69, 9.17) is 11.6 Å². The third kappa shape index (κ3) is 2.69. The van der Waals surface area contributed by atoms with Gasteiger partial charge in [0.1, 0.15) is 0 Å². The summed E-state index contributed by atoms with van der Waals surface area (Å²) in [6.45, 7) is 2.35. The van der Waals surface area contributed by atoms with Gasteiger partial charge in [-0.15, -0.1) is 22.9 Å². The van der Waals surface area contributed by atoms with Crippen molar-refractivity contribution in [3.05, 3.63) is 11.1 Å². The van der Waals surface area contributed by atoms with Crippen LogP contribution in [0.5, 0.6) is 0 Å². The average molecular weight is 259 g/mol. The molecule has 4 heteroatoms. The van der Waals surface area contributed by atoms with Crippen molar-refractivity contribution in [1.82, 2.24) is 4.98 Å². The highest BCUT2D eigenvalue weighted by Gasteiger charge is 2.23. The van der Waals surface area contributed by atoms with Gasteiger partial charge in [-0.1, -0.05) is 19.8 Å². The van der Waals surface area contributed by atoms with Crippen LogP contribution < -0.4 is 4.90 Å². The van der Waals surface area contributed by atoms with Gasteiger partial charge in [-0.2, -0.15) is 0 Å². The number of thiazole rings is 1. The van der Waals surface area contributed by atoms with Gasteiger partial charge < -0.3 is 4.90 Å². The zero-order chi connectivity index (χ0) is 11.5. The molecule has 1 aliphatic rings. The van der Waals surface area contributed by atoms with Gasteiger partial charge in [0.05, 0.1) is 11.6 Å². The number of alkyl halides is 1. The second-order valence-corrected chi connectivity index (χ2v) is 5.90. The lowest BCUT2D eigenvalue weighted by molar-refractivity contribution is 0.336. The molecule has 0 N–H and O–H groups in total. The lowest BCUT2D eigenvalue weighted by Gasteiger charge is -2.33. The van der Waals surface area contributed by atoms with Crippen molar-refractivity contribution < 1.29 is 0 Å². The topological polar surface area (TPSA) is 16.1 Å². The summed E-state index contributed by atoms with van der Waals surface area (Å²) >= 11 is 7.49. The Hall–Kier alpha value is -0.280. The first-order chi connectivity index (χ1) is 7.70. The molecule has 2 atom stereocenters. The molecule has 2 rings (SSSR count). The van der Waals surface area contributed by atoms with Crippen molar-refractivity contribution >= 4 is 28.1 Å². The van der Waals surface area contributed by atoms with Crippen molar-refractivity contribution in [3.8, 4) is 0 Å². The molecular formula is C12H19ClN2S. The molecular weight excluding hydrogens is 240 g/mol. The molecule has 0 bridgehead atoms. The van der Waals surface area contributed by atoms with Crippen LogP contribution in [0.2, 0.25) is 0 Å². The first kappa shape index (κ1) is 12.2. The number of hydrogen-bond acceptors (Lipinski definition) is 3. The largest absolute Gasteiger partial charge is 0.348 e. The molecule has 1 fully saturated rings. The number of anilines is 1. The van der Waals surface area contributed by atoms with E-state index in [1.165, 1.54) is 25.7 Å². The van der Waals surface area contributed by atoms with E-state index < -0.39 is 0 Å². The smallest absolute Gasteiger partial charge is 0.185 e. The molecule has 0 aromatic carbocycles. The Labute approximate surface area is 107 Å². The molecule has 1 aromatic rings. The first-order valence-corrected chi connectivity index (χ1v) is 7.35. The van der Waals surface area contributed by atoms with E-state index in [2.05, 4.69) is 29.2 Å². The SMILES string of the molecule is CC1CCCC(N(C)c2nc(CCl)cs2)C1. The highest BCUT2D eigenvalue weighted by atomic mass is 35.5. The molecule has 1 saturated carbocycles. The Bertz CT molecular complexity index is 340. The summed E-state index contributed by atoms with van der Waals surface area (Å²) in [6, 6.07) is 0.665. The monoisotopic (exact) mass is 258 g/mol. The summed E-state index contributed by atoms with van der Waals surface area (Å²) in [6.07, 6.45) is 5.34. The van der Waals surface area contributed by atoms with Crippen LogP contribution in [0.15, 0.2) is 5.38 Å². The third-order valence-corrected chi connectivity index (χ3v) is 4.69. The minimum Gasteiger partial charge on any atom is -0.348 e. The predicted octanol–water partition coefficient (Wildman–Crippen LogP) is 3.90. The molecule has 0 radical (unpaired) electrons. The number of hydrogen-bond donors (Lipinski definition) is 0. The van der Waals surface area contributed by atoms with E-state index in [1.54, 1.807) is 11.3 Å². The van der Waals surface area contributed by atoms with Crippen molar-refractivity contribution in [3.63, 3.8) is 0 Å². The predicted molar refractivity (Wildman–Crippen MR) is 71.5 cm³/mol. The van der Waals surface area contributed by atoms with Crippen LogP contribution in [-0.4, -0.2) is 18.1 Å². The highest BCUT2D eigenvalue weighted by molar-refractivity contribution is 7.13. The van der Waals surface area contributed by atoms with Gasteiger partial charge >= 0.3 is 0 Å². The average Bonchev–Trinajstić information content (AvgIpc) is 2.76. The van der Waals surface area contributed by atoms with Gasteiger partial charge in [-0.25, -0.2) is 4.98 Å². The van der Waals surface area contributed by atoms with E-state index in [9.17, 15) is 0 Å². The van der Waals surface area contributed by atoms with E-state index in [-0.39, 0.29) is 0 Å². The fourth-order valence-corrected chi connectivity index (χ4v) is 3.52. The Balaban J connectivity index is 2.02. The van der Waals surface area contributed by atoms with Gasteiger partial charge in [0.15, 0.2) is 5.13 Å². The zero-order valence-electron chi connectivity index (χ0n) is 9.95. The van der Waals surface area contributed by atoms with Crippen molar-refractivity contribution in [2.45, 2.75) is 44.5 Å². The maximum absolute atomic E-state index is 5.78. The van der Waals surface area contributed by atoms with Crippen LogP contribution in [-0.2, 0) is 5.88 Å². The minimum atomic E-state index is 0.519. The maximum Gasteiger partial charge on any atom is 0.185 e. The second-order valence-electron chi connectivity index (χ2n) is 4.79. The molecule has 0 amide bonds. The maximum atomic E-state index is 5.78. The lowest BCUT2D eigenvalue weighted by atomic mass is 9.86. The highest BCUT2D eigenvalue weighted by Crippen LogP contribution is 2.31. The van der Waals surface area contributed by atoms with Crippen LogP contribution in [0.3, 0.4) is 0 Å². The van der Waals surface area contributed by atoms with Crippen molar-refractivity contribution in [2.24, 2.45) is 5.92 Å². The van der Waals surface area contributed by atoms with Gasteiger partial charge in [-0.3, -0.25) is 0 Å². The number of nitrogens with zero attached hydrogens (tertiary/aromatic N) is 2. The minimum absolute atomic E-state index is 0.519. The Morgan fingerprint density at radius 2 is 2.38 bits per heavy atom. The Morgan fingerprint density at radius 1 is 1.56 bits per heavy atom. The Morgan fingerprint density at radius 3 is 3.00 bits per heavy atom. The molecule has 0 aliphatic heterocycles. The summed E-state index contributed by atoms with van der Waals surface area (Å²) in [7, 11) is 2.17. The summed E-state index contributed by atoms with van der Waals surface area (Å²) in [5.74, 6) is 1.37. The zero-order valence-corrected chi connectivity index (χ0v) is 11.5. The fourth-order valence-electron chi connectivity index (χ4n) is 2.43. The van der Waals surface area contributed by atoms with E-state index in [0.717, 1.165) is 16.7 Å². The molecule has 90 valence electrons. The van der Waals surface area contributed by atoms with Crippen LogP contribution in [0, 0.1) is 5.92 Å². The van der Waals surface area contributed by atoms with Crippen LogP contribution in [0.1, 0.15) is 38.3 Å². The van der Waals surface area contributed by atoms with Gasteiger partial charge in [0.2, 0.25) is 0 Å². The van der Waals surface area contributed by atoms with E-state index in [0.29, 0.717) is 11.9 Å². The van der Waals surface area contributed by atoms with Crippen LogP contribution in [0.4, 0.5) is 5.13 Å².